The van der Waals surface area contributed by atoms with Gasteiger partial charge in [0.2, 0.25) is 5.95 Å². The lowest BCUT2D eigenvalue weighted by Crippen LogP contribution is -2.20. The number of nitrogens with one attached hydrogen (secondary N) is 2. The Bertz CT molecular complexity index is 907. The van der Waals surface area contributed by atoms with E-state index in [0.717, 1.165) is 29.8 Å². The summed E-state index contributed by atoms with van der Waals surface area (Å²) in [6.07, 6.45) is 0.940. The van der Waals surface area contributed by atoms with Gasteiger partial charge in [-0.15, -0.1) is 0 Å². The zero-order valence-electron chi connectivity index (χ0n) is 16.1. The summed E-state index contributed by atoms with van der Waals surface area (Å²) >= 11 is 0. The lowest BCUT2D eigenvalue weighted by atomic mass is 10.2. The quantitative estimate of drug-likeness (QED) is 0.593. The monoisotopic (exact) mass is 380 g/mol. The van der Waals surface area contributed by atoms with Gasteiger partial charge < -0.3 is 15.4 Å². The predicted octanol–water partition coefficient (Wildman–Crippen LogP) is 3.02. The molecule has 28 heavy (non-hydrogen) atoms. The molecule has 0 spiro atoms. The van der Waals surface area contributed by atoms with E-state index in [-0.39, 0.29) is 12.5 Å². The maximum atomic E-state index is 12.2. The summed E-state index contributed by atoms with van der Waals surface area (Å²) in [6.45, 7) is 5.22. The van der Waals surface area contributed by atoms with Crippen LogP contribution in [0, 0.1) is 6.92 Å². The van der Waals surface area contributed by atoms with Gasteiger partial charge in [0.05, 0.1) is 0 Å². The van der Waals surface area contributed by atoms with Crippen LogP contribution < -0.4 is 15.4 Å². The highest BCUT2D eigenvalue weighted by Gasteiger charge is 2.09. The molecule has 3 aromatic rings. The number of aromatic nitrogens is 4. The molecule has 0 saturated heterocycles. The number of ether oxygens (including phenoxy) is 1. The third kappa shape index (κ3) is 5.29. The Labute approximate surface area is 163 Å². The number of tetrazole rings is 1. The van der Waals surface area contributed by atoms with Crippen molar-refractivity contribution in [3.63, 3.8) is 0 Å². The first-order chi connectivity index (χ1) is 13.7. The third-order valence-corrected chi connectivity index (χ3v) is 4.07. The van der Waals surface area contributed by atoms with E-state index in [2.05, 4.69) is 33.1 Å². The van der Waals surface area contributed by atoms with Crippen LogP contribution in [0.4, 0.5) is 11.6 Å². The smallest absolute Gasteiger partial charge is 0.262 e. The highest BCUT2D eigenvalue weighted by Crippen LogP contribution is 2.19. The van der Waals surface area contributed by atoms with E-state index in [1.54, 1.807) is 4.68 Å². The number of rotatable bonds is 9. The number of aryl methyl sites for hydroxylation is 2. The average Bonchev–Trinajstić information content (AvgIpc) is 3.14. The number of nitrogens with zero attached hydrogens (tertiary/aromatic N) is 4. The highest BCUT2D eigenvalue weighted by molar-refractivity contribution is 5.91. The van der Waals surface area contributed by atoms with Crippen molar-refractivity contribution in [3.8, 4) is 5.75 Å². The molecule has 1 amide bonds. The van der Waals surface area contributed by atoms with E-state index in [9.17, 15) is 4.79 Å². The lowest BCUT2D eigenvalue weighted by Gasteiger charge is -2.12. The van der Waals surface area contributed by atoms with Crippen molar-refractivity contribution in [2.45, 2.75) is 33.4 Å². The topological polar surface area (TPSA) is 94.0 Å². The van der Waals surface area contributed by atoms with Crippen molar-refractivity contribution < 1.29 is 9.53 Å². The lowest BCUT2D eigenvalue weighted by molar-refractivity contribution is -0.118. The molecule has 0 aliphatic rings. The third-order valence-electron chi connectivity index (χ3n) is 4.07. The summed E-state index contributed by atoms with van der Waals surface area (Å²) < 4.78 is 7.45. The Kier molecular flexibility index (Phi) is 6.56. The van der Waals surface area contributed by atoms with Crippen LogP contribution >= 0.6 is 0 Å². The van der Waals surface area contributed by atoms with Gasteiger partial charge in [0.25, 0.3) is 5.91 Å². The maximum absolute atomic E-state index is 12.2. The zero-order chi connectivity index (χ0) is 19.8. The van der Waals surface area contributed by atoms with Crippen LogP contribution in [-0.4, -0.2) is 32.7 Å². The van der Waals surface area contributed by atoms with Crippen molar-refractivity contribution in [1.82, 2.24) is 20.2 Å². The molecule has 0 aliphatic heterocycles. The molecule has 2 N–H and O–H groups in total. The van der Waals surface area contributed by atoms with Crippen molar-refractivity contribution in [2.24, 2.45) is 0 Å². The summed E-state index contributed by atoms with van der Waals surface area (Å²) in [5.74, 6) is 1.04. The summed E-state index contributed by atoms with van der Waals surface area (Å²) in [5, 5.41) is 17.7. The minimum Gasteiger partial charge on any atom is -0.483 e. The number of hydrogen-bond acceptors (Lipinski definition) is 6. The molecule has 1 aromatic heterocycles. The van der Waals surface area contributed by atoms with E-state index in [1.807, 2.05) is 55.5 Å². The first-order valence-corrected chi connectivity index (χ1v) is 9.23. The van der Waals surface area contributed by atoms with Crippen LogP contribution in [0.3, 0.4) is 0 Å². The van der Waals surface area contributed by atoms with Gasteiger partial charge in [0.1, 0.15) is 5.75 Å². The Morgan fingerprint density at radius 1 is 1.14 bits per heavy atom. The molecule has 2 aromatic carbocycles. The van der Waals surface area contributed by atoms with Crippen LogP contribution in [0.2, 0.25) is 0 Å². The molecule has 0 saturated carbocycles. The molecule has 8 nitrogen and oxygen atoms in total. The Morgan fingerprint density at radius 3 is 2.71 bits per heavy atom. The van der Waals surface area contributed by atoms with Gasteiger partial charge in [-0.1, -0.05) is 47.9 Å². The Balaban J connectivity index is 1.56. The summed E-state index contributed by atoms with van der Waals surface area (Å²) in [4.78, 5) is 12.2. The molecule has 0 fully saturated rings. The van der Waals surface area contributed by atoms with Crippen LogP contribution in [0.25, 0.3) is 0 Å². The molecule has 0 atom stereocenters. The Hall–Kier alpha value is -3.42. The second-order valence-corrected chi connectivity index (χ2v) is 6.39. The fraction of sp³-hybridized carbons (Fsp3) is 0.300. The van der Waals surface area contributed by atoms with Crippen LogP contribution in [0.5, 0.6) is 5.75 Å². The molecule has 0 bridgehead atoms. The largest absolute Gasteiger partial charge is 0.483 e. The molecule has 0 aliphatic carbocycles. The summed E-state index contributed by atoms with van der Waals surface area (Å²) in [6, 6.07) is 15.2. The molecule has 8 heteroatoms. The van der Waals surface area contributed by atoms with Gasteiger partial charge >= 0.3 is 0 Å². The minimum atomic E-state index is -0.210. The second-order valence-electron chi connectivity index (χ2n) is 6.39. The van der Waals surface area contributed by atoms with Gasteiger partial charge in [-0.05, 0) is 42.0 Å². The van der Waals surface area contributed by atoms with Gasteiger partial charge in [-0.3, -0.25) is 4.79 Å². The molecule has 3 rings (SSSR count). The number of carbonyl (C=O) groups is 1. The number of amides is 1. The molecule has 1 heterocycles. The molecule has 146 valence electrons. The van der Waals surface area contributed by atoms with E-state index in [0.29, 0.717) is 18.2 Å². The number of para-hydroxylation sites is 1. The van der Waals surface area contributed by atoms with Crippen molar-refractivity contribution in [2.75, 3.05) is 17.2 Å². The summed E-state index contributed by atoms with van der Waals surface area (Å²) in [5.41, 5.74) is 2.80. The fourth-order valence-electron chi connectivity index (χ4n) is 2.64. The SMILES string of the molecule is CCCn1nnnc1NCc1ccccc1OCC(=O)Nc1ccc(C)cc1. The molecular weight excluding hydrogens is 356 g/mol. The van der Waals surface area contributed by atoms with Gasteiger partial charge in [0.15, 0.2) is 6.61 Å². The predicted molar refractivity (Wildman–Crippen MR) is 107 cm³/mol. The first kappa shape index (κ1) is 19.3. The fourth-order valence-corrected chi connectivity index (χ4v) is 2.64. The average molecular weight is 380 g/mol. The number of carbonyl (C=O) groups excluding carboxylic acids is 1. The standard InChI is InChI=1S/C20H24N6O2/c1-3-12-26-20(23-24-25-26)21-13-16-6-4-5-7-18(16)28-14-19(27)22-17-10-8-15(2)9-11-17/h4-11H,3,12-14H2,1-2H3,(H,22,27)(H,21,23,25). The van der Waals surface area contributed by atoms with E-state index in [4.69, 9.17) is 4.74 Å². The van der Waals surface area contributed by atoms with Gasteiger partial charge in [0, 0.05) is 24.3 Å². The van der Waals surface area contributed by atoms with E-state index >= 15 is 0 Å². The molecule has 0 radical (unpaired) electrons. The van der Waals surface area contributed by atoms with Gasteiger partial charge in [-0.25, -0.2) is 4.68 Å². The van der Waals surface area contributed by atoms with Crippen molar-refractivity contribution >= 4 is 17.5 Å². The van der Waals surface area contributed by atoms with Crippen LogP contribution in [0.15, 0.2) is 48.5 Å². The van der Waals surface area contributed by atoms with Crippen LogP contribution in [0.1, 0.15) is 24.5 Å². The van der Waals surface area contributed by atoms with E-state index < -0.39 is 0 Å². The Morgan fingerprint density at radius 2 is 1.93 bits per heavy atom. The van der Waals surface area contributed by atoms with Gasteiger partial charge in [-0.2, -0.15) is 0 Å². The van der Waals surface area contributed by atoms with E-state index in [1.165, 1.54) is 0 Å². The number of hydrogen-bond donors (Lipinski definition) is 2. The zero-order valence-corrected chi connectivity index (χ0v) is 16.1. The second kappa shape index (κ2) is 9.50. The maximum Gasteiger partial charge on any atom is 0.262 e. The first-order valence-electron chi connectivity index (χ1n) is 9.23. The van der Waals surface area contributed by atoms with Crippen LogP contribution in [-0.2, 0) is 17.9 Å². The van der Waals surface area contributed by atoms with Crippen molar-refractivity contribution in [3.05, 3.63) is 59.7 Å². The summed E-state index contributed by atoms with van der Waals surface area (Å²) in [7, 11) is 0. The normalized spacial score (nSPS) is 10.5. The highest BCUT2D eigenvalue weighted by atomic mass is 16.5. The molecular formula is C20H24N6O2. The number of anilines is 2. The molecule has 0 unspecified atom stereocenters. The minimum absolute atomic E-state index is 0.0710. The number of benzene rings is 2. The van der Waals surface area contributed by atoms with Crippen molar-refractivity contribution in [1.29, 1.82) is 0 Å².